The first-order chi connectivity index (χ1) is 8.70. The molecule has 0 aliphatic rings. The molecule has 0 bridgehead atoms. The van der Waals surface area contributed by atoms with Crippen molar-refractivity contribution in [2.45, 2.75) is 19.9 Å². The molecule has 0 unspecified atom stereocenters. The van der Waals surface area contributed by atoms with Crippen molar-refractivity contribution in [1.29, 1.82) is 0 Å². The summed E-state index contributed by atoms with van der Waals surface area (Å²) in [5, 5.41) is 0. The zero-order chi connectivity index (χ0) is 13.0. The molecular weight excluding hydrogens is 312 g/mol. The Hall–Kier alpha value is -0.910. The molecule has 1 aromatic carbocycles. The van der Waals surface area contributed by atoms with Gasteiger partial charge in [0.2, 0.25) is 0 Å². The molecule has 2 aromatic rings. The maximum Gasteiger partial charge on any atom is 0.119 e. The standard InChI is InChI=1S/C13H15BrN2OS/c1-9-13(18-8-16-9)4-5-17-11-2-3-12(14)10(6-11)7-15/h2-3,6,8H,4-5,7,15H2,1H3. The first-order valence-electron chi connectivity index (χ1n) is 5.71. The number of hydrogen-bond donors (Lipinski definition) is 1. The van der Waals surface area contributed by atoms with Crippen LogP contribution in [0.4, 0.5) is 0 Å². The molecule has 0 saturated heterocycles. The molecule has 1 heterocycles. The maximum absolute atomic E-state index is 5.73. The molecule has 0 atom stereocenters. The molecule has 96 valence electrons. The first kappa shape index (κ1) is 13.5. The van der Waals surface area contributed by atoms with Crippen molar-refractivity contribution in [3.05, 3.63) is 44.3 Å². The van der Waals surface area contributed by atoms with Gasteiger partial charge in [0.1, 0.15) is 5.75 Å². The van der Waals surface area contributed by atoms with Gasteiger partial charge in [-0.3, -0.25) is 0 Å². The maximum atomic E-state index is 5.73. The van der Waals surface area contributed by atoms with Crippen molar-refractivity contribution < 1.29 is 4.74 Å². The quantitative estimate of drug-likeness (QED) is 0.917. The lowest BCUT2D eigenvalue weighted by Gasteiger charge is -2.08. The molecule has 2 N–H and O–H groups in total. The van der Waals surface area contributed by atoms with Crippen molar-refractivity contribution in [2.75, 3.05) is 6.61 Å². The average Bonchev–Trinajstić information content (AvgIpc) is 2.77. The summed E-state index contributed by atoms with van der Waals surface area (Å²) in [6.07, 6.45) is 0.893. The molecule has 3 nitrogen and oxygen atoms in total. The van der Waals surface area contributed by atoms with Crippen LogP contribution in [0.1, 0.15) is 16.1 Å². The highest BCUT2D eigenvalue weighted by atomic mass is 79.9. The minimum absolute atomic E-state index is 0.506. The molecule has 18 heavy (non-hydrogen) atoms. The monoisotopic (exact) mass is 326 g/mol. The summed E-state index contributed by atoms with van der Waals surface area (Å²) >= 11 is 5.13. The van der Waals surface area contributed by atoms with E-state index in [9.17, 15) is 0 Å². The van der Waals surface area contributed by atoms with E-state index in [1.165, 1.54) is 4.88 Å². The van der Waals surface area contributed by atoms with Gasteiger partial charge in [0.05, 0.1) is 17.8 Å². The molecular formula is C13H15BrN2OS. The smallest absolute Gasteiger partial charge is 0.119 e. The second-order valence-electron chi connectivity index (χ2n) is 3.92. The highest BCUT2D eigenvalue weighted by Crippen LogP contribution is 2.22. The molecule has 0 amide bonds. The Morgan fingerprint density at radius 1 is 1.44 bits per heavy atom. The van der Waals surface area contributed by atoms with E-state index in [1.807, 2.05) is 30.6 Å². The lowest BCUT2D eigenvalue weighted by molar-refractivity contribution is 0.322. The number of aromatic nitrogens is 1. The fraction of sp³-hybridized carbons (Fsp3) is 0.308. The molecule has 2 rings (SSSR count). The van der Waals surface area contributed by atoms with Crippen molar-refractivity contribution in [1.82, 2.24) is 4.98 Å². The summed E-state index contributed by atoms with van der Waals surface area (Å²) in [5.41, 5.74) is 9.68. The molecule has 0 saturated carbocycles. The SMILES string of the molecule is Cc1ncsc1CCOc1ccc(Br)c(CN)c1. The van der Waals surface area contributed by atoms with Crippen LogP contribution < -0.4 is 10.5 Å². The largest absolute Gasteiger partial charge is 0.493 e. The van der Waals surface area contributed by atoms with E-state index in [-0.39, 0.29) is 0 Å². The second kappa shape index (κ2) is 6.31. The zero-order valence-corrected chi connectivity index (χ0v) is 12.6. The molecule has 1 aromatic heterocycles. The van der Waals surface area contributed by atoms with Crippen LogP contribution >= 0.6 is 27.3 Å². The minimum Gasteiger partial charge on any atom is -0.493 e. The van der Waals surface area contributed by atoms with Crippen LogP contribution in [0.5, 0.6) is 5.75 Å². The lowest BCUT2D eigenvalue weighted by atomic mass is 10.2. The van der Waals surface area contributed by atoms with Gasteiger partial charge < -0.3 is 10.5 Å². The summed E-state index contributed by atoms with van der Waals surface area (Å²) in [6.45, 7) is 3.19. The second-order valence-corrected chi connectivity index (χ2v) is 5.71. The van der Waals surface area contributed by atoms with Crippen LogP contribution in [0.15, 0.2) is 28.2 Å². The van der Waals surface area contributed by atoms with E-state index in [0.29, 0.717) is 13.2 Å². The summed E-state index contributed by atoms with van der Waals surface area (Å²) in [4.78, 5) is 5.50. The molecule has 0 radical (unpaired) electrons. The lowest BCUT2D eigenvalue weighted by Crippen LogP contribution is -2.03. The number of benzene rings is 1. The summed E-state index contributed by atoms with van der Waals surface area (Å²) in [5.74, 6) is 0.862. The Kier molecular flexibility index (Phi) is 4.74. The fourth-order valence-electron chi connectivity index (χ4n) is 1.63. The Labute approximate surface area is 119 Å². The van der Waals surface area contributed by atoms with Crippen molar-refractivity contribution in [2.24, 2.45) is 5.73 Å². The molecule has 0 aliphatic carbocycles. The van der Waals surface area contributed by atoms with Crippen LogP contribution in [0.2, 0.25) is 0 Å². The number of hydrogen-bond acceptors (Lipinski definition) is 4. The number of nitrogens with zero attached hydrogens (tertiary/aromatic N) is 1. The summed E-state index contributed by atoms with van der Waals surface area (Å²) in [7, 11) is 0. The molecule has 0 spiro atoms. The van der Waals surface area contributed by atoms with Gasteiger partial charge in [-0.05, 0) is 30.7 Å². The topological polar surface area (TPSA) is 48.1 Å². The predicted molar refractivity (Wildman–Crippen MR) is 78.1 cm³/mol. The zero-order valence-electron chi connectivity index (χ0n) is 10.1. The van der Waals surface area contributed by atoms with Crippen LogP contribution in [0.25, 0.3) is 0 Å². The summed E-state index contributed by atoms with van der Waals surface area (Å²) < 4.78 is 6.76. The van der Waals surface area contributed by atoms with Gasteiger partial charge in [-0.25, -0.2) is 4.98 Å². The Morgan fingerprint density at radius 3 is 2.94 bits per heavy atom. The van der Waals surface area contributed by atoms with Gasteiger partial charge in [-0.15, -0.1) is 11.3 Å². The van der Waals surface area contributed by atoms with E-state index in [0.717, 1.165) is 27.9 Å². The number of halogens is 1. The Balaban J connectivity index is 1.92. The average molecular weight is 327 g/mol. The van der Waals surface area contributed by atoms with Crippen molar-refractivity contribution in [3.63, 3.8) is 0 Å². The van der Waals surface area contributed by atoms with Crippen molar-refractivity contribution >= 4 is 27.3 Å². The predicted octanol–water partition coefficient (Wildman–Crippen LogP) is 3.29. The van der Waals surface area contributed by atoms with E-state index >= 15 is 0 Å². The van der Waals surface area contributed by atoms with Gasteiger partial charge in [0.15, 0.2) is 0 Å². The normalized spacial score (nSPS) is 10.6. The van der Waals surface area contributed by atoms with Crippen LogP contribution in [-0.2, 0) is 13.0 Å². The Bertz CT molecular complexity index is 527. The third kappa shape index (κ3) is 3.31. The summed E-state index contributed by atoms with van der Waals surface area (Å²) in [6, 6.07) is 5.89. The van der Waals surface area contributed by atoms with Crippen LogP contribution in [0.3, 0.4) is 0 Å². The molecule has 0 aliphatic heterocycles. The number of nitrogens with two attached hydrogens (primary N) is 1. The minimum atomic E-state index is 0.506. The van der Waals surface area contributed by atoms with Crippen LogP contribution in [-0.4, -0.2) is 11.6 Å². The van der Waals surface area contributed by atoms with Gasteiger partial charge in [-0.1, -0.05) is 15.9 Å². The fourth-order valence-corrected chi connectivity index (χ4v) is 2.80. The van der Waals surface area contributed by atoms with E-state index in [2.05, 4.69) is 20.9 Å². The van der Waals surface area contributed by atoms with Crippen molar-refractivity contribution in [3.8, 4) is 5.75 Å². The van der Waals surface area contributed by atoms with Gasteiger partial charge in [-0.2, -0.15) is 0 Å². The number of thiazole rings is 1. The third-order valence-electron chi connectivity index (χ3n) is 2.68. The van der Waals surface area contributed by atoms with Crippen LogP contribution in [0, 0.1) is 6.92 Å². The molecule has 0 fully saturated rings. The van der Waals surface area contributed by atoms with E-state index in [4.69, 9.17) is 10.5 Å². The van der Waals surface area contributed by atoms with Gasteiger partial charge in [0.25, 0.3) is 0 Å². The van der Waals surface area contributed by atoms with E-state index in [1.54, 1.807) is 11.3 Å². The number of ether oxygens (including phenoxy) is 1. The van der Waals surface area contributed by atoms with E-state index < -0.39 is 0 Å². The highest BCUT2D eigenvalue weighted by molar-refractivity contribution is 9.10. The number of rotatable bonds is 5. The Morgan fingerprint density at radius 2 is 2.28 bits per heavy atom. The third-order valence-corrected chi connectivity index (χ3v) is 4.45. The van der Waals surface area contributed by atoms with Gasteiger partial charge in [0, 0.05) is 22.3 Å². The van der Waals surface area contributed by atoms with Gasteiger partial charge >= 0.3 is 0 Å². The first-order valence-corrected chi connectivity index (χ1v) is 7.38. The molecule has 5 heteroatoms. The highest BCUT2D eigenvalue weighted by Gasteiger charge is 2.03. The number of aryl methyl sites for hydroxylation is 1.